The minimum atomic E-state index is -0.649. The topological polar surface area (TPSA) is 114 Å². The van der Waals surface area contributed by atoms with Crippen molar-refractivity contribution < 1.29 is 9.18 Å². The number of rotatable bonds is 4. The second kappa shape index (κ2) is 7.41. The molecule has 0 aliphatic carbocycles. The first-order valence-corrected chi connectivity index (χ1v) is 9.34. The first kappa shape index (κ1) is 18.6. The van der Waals surface area contributed by atoms with Crippen molar-refractivity contribution in [1.82, 2.24) is 34.8 Å². The van der Waals surface area contributed by atoms with Gasteiger partial charge in [0, 0.05) is 17.8 Å². The Bertz CT molecular complexity index is 1410. The summed E-state index contributed by atoms with van der Waals surface area (Å²) in [6.45, 7) is 1.75. The molecule has 5 aromatic rings. The lowest BCUT2D eigenvalue weighted by molar-refractivity contribution is 0.102. The lowest BCUT2D eigenvalue weighted by Crippen LogP contribution is -2.15. The molecule has 2 N–H and O–H groups in total. The van der Waals surface area contributed by atoms with Gasteiger partial charge in [0.15, 0.2) is 17.3 Å². The molecular weight excluding hydrogens is 399 g/mol. The molecule has 1 amide bonds. The molecule has 0 fully saturated rings. The number of nitrogens with one attached hydrogen (secondary N) is 2. The van der Waals surface area contributed by atoms with Crippen LogP contribution in [0, 0.1) is 12.7 Å². The second-order valence-electron chi connectivity index (χ2n) is 6.74. The van der Waals surface area contributed by atoms with Crippen LogP contribution in [0.15, 0.2) is 61.1 Å². The summed E-state index contributed by atoms with van der Waals surface area (Å²) in [7, 11) is 0. The van der Waals surface area contributed by atoms with E-state index in [2.05, 4.69) is 35.6 Å². The molecule has 0 saturated heterocycles. The number of nitrogens with zero attached hydrogens (tertiary/aromatic N) is 6. The molecule has 1 aromatic carbocycles. The van der Waals surface area contributed by atoms with Crippen molar-refractivity contribution in [3.8, 4) is 22.6 Å². The van der Waals surface area contributed by atoms with E-state index in [-0.39, 0.29) is 11.4 Å². The Balaban J connectivity index is 1.46. The lowest BCUT2D eigenvalue weighted by atomic mass is 10.1. The normalized spacial score (nSPS) is 11.0. The van der Waals surface area contributed by atoms with Crippen LogP contribution in [-0.2, 0) is 0 Å². The van der Waals surface area contributed by atoms with Gasteiger partial charge >= 0.3 is 0 Å². The minimum Gasteiger partial charge on any atom is -0.318 e. The van der Waals surface area contributed by atoms with Gasteiger partial charge in [-0.3, -0.25) is 9.89 Å². The molecule has 0 atom stereocenters. The third-order valence-corrected chi connectivity index (χ3v) is 4.62. The maximum absolute atomic E-state index is 14.7. The van der Waals surface area contributed by atoms with E-state index < -0.39 is 11.7 Å². The molecule has 4 heterocycles. The summed E-state index contributed by atoms with van der Waals surface area (Å²) < 4.78 is 16.0. The summed E-state index contributed by atoms with van der Waals surface area (Å²) in [5.41, 5.74) is 2.35. The van der Waals surface area contributed by atoms with Gasteiger partial charge in [-0.05, 0) is 13.0 Å². The largest absolute Gasteiger partial charge is 0.318 e. The number of fused-ring (bicyclic) bond motifs is 1. The number of carbonyl (C=O) groups excluding carboxylic acids is 1. The molecule has 4 aromatic heterocycles. The maximum atomic E-state index is 14.7. The zero-order chi connectivity index (χ0) is 21.4. The number of aromatic amines is 1. The fourth-order valence-electron chi connectivity index (χ4n) is 3.15. The number of carbonyl (C=O) groups is 1. The van der Waals surface area contributed by atoms with Crippen LogP contribution >= 0.6 is 0 Å². The third-order valence-electron chi connectivity index (χ3n) is 4.62. The number of H-pyrrole nitrogens is 1. The number of anilines is 1. The number of aryl methyl sites for hydroxylation is 1. The van der Waals surface area contributed by atoms with Crippen LogP contribution in [0.25, 0.3) is 28.3 Å². The molecule has 0 radical (unpaired) electrons. The number of pyridine rings is 1. The third kappa shape index (κ3) is 3.50. The number of benzene rings is 1. The van der Waals surface area contributed by atoms with Crippen molar-refractivity contribution in [2.24, 2.45) is 0 Å². The van der Waals surface area contributed by atoms with Gasteiger partial charge in [0.2, 0.25) is 0 Å². The van der Waals surface area contributed by atoms with Crippen molar-refractivity contribution >= 4 is 17.2 Å². The molecule has 0 aliphatic rings. The van der Waals surface area contributed by atoms with Gasteiger partial charge in [0.1, 0.15) is 11.5 Å². The van der Waals surface area contributed by atoms with Crippen LogP contribution in [0.1, 0.15) is 16.3 Å². The van der Waals surface area contributed by atoms with Crippen molar-refractivity contribution in [2.45, 2.75) is 6.92 Å². The standard InChI is InChI=1S/C21H15FN8O/c1-12-23-8-7-16(25-12)14-10-24-28-19(14)21(31)26-17-9-18-27-20(13-5-3-2-4-6-13)29-30(18)11-15(17)22/h2-11H,1H3,(H,24,28)(H,26,31). The molecular formula is C21H15FN8O. The van der Waals surface area contributed by atoms with E-state index in [1.54, 1.807) is 19.2 Å². The Hall–Kier alpha value is -4.47. The molecule has 0 bridgehead atoms. The van der Waals surface area contributed by atoms with Gasteiger partial charge in [0.25, 0.3) is 5.91 Å². The predicted molar refractivity (Wildman–Crippen MR) is 111 cm³/mol. The summed E-state index contributed by atoms with van der Waals surface area (Å²) in [6.07, 6.45) is 4.25. The van der Waals surface area contributed by atoms with Gasteiger partial charge in [-0.1, -0.05) is 30.3 Å². The first-order chi connectivity index (χ1) is 15.1. The van der Waals surface area contributed by atoms with Crippen molar-refractivity contribution in [3.05, 3.63) is 78.4 Å². The average molecular weight is 414 g/mol. The zero-order valence-corrected chi connectivity index (χ0v) is 16.2. The summed E-state index contributed by atoms with van der Waals surface area (Å²) in [5, 5.41) is 13.4. The van der Waals surface area contributed by atoms with E-state index in [1.807, 2.05) is 30.3 Å². The summed E-state index contributed by atoms with van der Waals surface area (Å²) in [5.74, 6) is -0.194. The number of aromatic nitrogens is 7. The van der Waals surface area contributed by atoms with Gasteiger partial charge in [0.05, 0.1) is 29.3 Å². The minimum absolute atomic E-state index is 0.0241. The van der Waals surface area contributed by atoms with E-state index in [0.717, 1.165) is 5.56 Å². The van der Waals surface area contributed by atoms with Crippen molar-refractivity contribution in [2.75, 3.05) is 5.32 Å². The molecule has 10 heteroatoms. The van der Waals surface area contributed by atoms with Crippen molar-refractivity contribution in [1.29, 1.82) is 0 Å². The van der Waals surface area contributed by atoms with Crippen LogP contribution < -0.4 is 5.32 Å². The summed E-state index contributed by atoms with van der Waals surface area (Å²) in [6, 6.07) is 12.5. The lowest BCUT2D eigenvalue weighted by Gasteiger charge is -2.07. The van der Waals surface area contributed by atoms with Crippen LogP contribution in [0.2, 0.25) is 0 Å². The number of amides is 1. The van der Waals surface area contributed by atoms with Crippen LogP contribution in [0.5, 0.6) is 0 Å². The SMILES string of the molecule is Cc1nccc(-c2cn[nH]c2C(=O)Nc2cc3nc(-c4ccccc4)nn3cc2F)n1. The van der Waals surface area contributed by atoms with E-state index in [4.69, 9.17) is 0 Å². The molecule has 0 unspecified atom stereocenters. The Labute approximate surface area is 175 Å². The van der Waals surface area contributed by atoms with Gasteiger partial charge in [-0.15, -0.1) is 5.10 Å². The van der Waals surface area contributed by atoms with Crippen LogP contribution in [0.3, 0.4) is 0 Å². The average Bonchev–Trinajstić information content (AvgIpc) is 3.42. The summed E-state index contributed by atoms with van der Waals surface area (Å²) in [4.78, 5) is 25.6. The number of halogens is 1. The summed E-state index contributed by atoms with van der Waals surface area (Å²) >= 11 is 0. The predicted octanol–water partition coefficient (Wildman–Crippen LogP) is 3.28. The Morgan fingerprint density at radius 3 is 2.81 bits per heavy atom. The number of hydrogen-bond donors (Lipinski definition) is 2. The van der Waals surface area contributed by atoms with E-state index in [1.165, 1.54) is 23.0 Å². The zero-order valence-electron chi connectivity index (χ0n) is 16.2. The molecule has 152 valence electrons. The maximum Gasteiger partial charge on any atom is 0.274 e. The van der Waals surface area contributed by atoms with Gasteiger partial charge < -0.3 is 5.32 Å². The monoisotopic (exact) mass is 414 g/mol. The quantitative estimate of drug-likeness (QED) is 0.467. The molecule has 9 nitrogen and oxygen atoms in total. The number of hydrogen-bond acceptors (Lipinski definition) is 6. The van der Waals surface area contributed by atoms with E-state index in [9.17, 15) is 9.18 Å². The highest BCUT2D eigenvalue weighted by molar-refractivity contribution is 6.07. The molecule has 0 saturated carbocycles. The smallest absolute Gasteiger partial charge is 0.274 e. The highest BCUT2D eigenvalue weighted by Crippen LogP contribution is 2.23. The Kier molecular flexibility index (Phi) is 4.43. The van der Waals surface area contributed by atoms with E-state index >= 15 is 0 Å². The molecule has 0 aliphatic heterocycles. The van der Waals surface area contributed by atoms with Gasteiger partial charge in [-0.2, -0.15) is 5.10 Å². The van der Waals surface area contributed by atoms with E-state index in [0.29, 0.717) is 28.6 Å². The molecule has 31 heavy (non-hydrogen) atoms. The molecule has 5 rings (SSSR count). The Morgan fingerprint density at radius 2 is 2.00 bits per heavy atom. The van der Waals surface area contributed by atoms with Gasteiger partial charge in [-0.25, -0.2) is 23.9 Å². The highest BCUT2D eigenvalue weighted by Gasteiger charge is 2.19. The van der Waals surface area contributed by atoms with Crippen LogP contribution in [0.4, 0.5) is 10.1 Å². The highest BCUT2D eigenvalue weighted by atomic mass is 19.1. The first-order valence-electron chi connectivity index (χ1n) is 9.34. The van der Waals surface area contributed by atoms with Crippen LogP contribution in [-0.4, -0.2) is 40.7 Å². The second-order valence-corrected chi connectivity index (χ2v) is 6.74. The Morgan fingerprint density at radius 1 is 1.16 bits per heavy atom. The molecule has 0 spiro atoms. The fourth-order valence-corrected chi connectivity index (χ4v) is 3.15. The van der Waals surface area contributed by atoms with Crippen molar-refractivity contribution in [3.63, 3.8) is 0 Å². The fraction of sp³-hybridized carbons (Fsp3) is 0.0476.